The number of carbonyl (C=O) groups is 1. The number of fused-ring (bicyclic) bond motifs is 1. The van der Waals surface area contributed by atoms with E-state index in [1.54, 1.807) is 0 Å². The Morgan fingerprint density at radius 3 is 2.09 bits per heavy atom. The van der Waals surface area contributed by atoms with Gasteiger partial charge in [-0.1, -0.05) is 86.6 Å². The Kier molecular flexibility index (Phi) is 6.53. The predicted molar refractivity (Wildman–Crippen MR) is 142 cm³/mol. The van der Waals surface area contributed by atoms with Crippen LogP contribution in [0, 0.1) is 5.92 Å². The standard InChI is InChI=1S/C31H30N2O2/c1-23(2)22-35-27-19-17-25(18-20-27)30-32(21-24-11-5-3-6-12-24)29-16-10-9-15-28(29)31(34)33(30)26-13-7-4-8-14-26/h3-20,23,30H,21-22H2,1-2H3/t30-/m1/s1. The fraction of sp³-hybridized carbons (Fsp3) is 0.194. The van der Waals surface area contributed by atoms with Gasteiger partial charge < -0.3 is 9.64 Å². The molecule has 4 aromatic carbocycles. The molecule has 0 fully saturated rings. The normalized spacial score (nSPS) is 15.3. The molecule has 4 nitrogen and oxygen atoms in total. The predicted octanol–water partition coefficient (Wildman–Crippen LogP) is 7.09. The minimum absolute atomic E-state index is 0.00115. The summed E-state index contributed by atoms with van der Waals surface area (Å²) in [5.74, 6) is 1.30. The molecule has 1 aliphatic heterocycles. The number of para-hydroxylation sites is 2. The van der Waals surface area contributed by atoms with Gasteiger partial charge in [0, 0.05) is 12.2 Å². The van der Waals surface area contributed by atoms with E-state index in [0.717, 1.165) is 22.7 Å². The zero-order chi connectivity index (χ0) is 24.2. The topological polar surface area (TPSA) is 32.8 Å². The molecule has 176 valence electrons. The van der Waals surface area contributed by atoms with E-state index in [0.29, 0.717) is 24.6 Å². The lowest BCUT2D eigenvalue weighted by Gasteiger charge is -2.46. The van der Waals surface area contributed by atoms with Crippen molar-refractivity contribution < 1.29 is 9.53 Å². The Bertz CT molecular complexity index is 1270. The molecule has 0 aromatic heterocycles. The molecule has 0 bridgehead atoms. The molecule has 0 aliphatic carbocycles. The van der Waals surface area contributed by atoms with Crippen LogP contribution in [-0.2, 0) is 6.54 Å². The fourth-order valence-electron chi connectivity index (χ4n) is 4.54. The van der Waals surface area contributed by atoms with Crippen molar-refractivity contribution >= 4 is 17.3 Å². The lowest BCUT2D eigenvalue weighted by molar-refractivity contribution is 0.0968. The molecular formula is C31H30N2O2. The van der Waals surface area contributed by atoms with Crippen LogP contribution in [0.4, 0.5) is 11.4 Å². The lowest BCUT2D eigenvalue weighted by Crippen LogP contribution is -2.49. The minimum atomic E-state index is -0.306. The van der Waals surface area contributed by atoms with Gasteiger partial charge in [0.15, 0.2) is 0 Å². The Labute approximate surface area is 207 Å². The van der Waals surface area contributed by atoms with Crippen molar-refractivity contribution in [2.24, 2.45) is 5.92 Å². The first-order valence-corrected chi connectivity index (χ1v) is 12.1. The smallest absolute Gasteiger partial charge is 0.262 e. The molecule has 0 spiro atoms. The Morgan fingerprint density at radius 2 is 1.40 bits per heavy atom. The monoisotopic (exact) mass is 462 g/mol. The number of rotatable bonds is 7. The Balaban J connectivity index is 1.63. The van der Waals surface area contributed by atoms with E-state index in [2.05, 4.69) is 55.1 Å². The van der Waals surface area contributed by atoms with Crippen molar-refractivity contribution in [1.82, 2.24) is 0 Å². The van der Waals surface area contributed by atoms with Crippen LogP contribution in [0.15, 0.2) is 109 Å². The van der Waals surface area contributed by atoms with Crippen LogP contribution in [-0.4, -0.2) is 12.5 Å². The van der Waals surface area contributed by atoms with Gasteiger partial charge in [-0.2, -0.15) is 0 Å². The van der Waals surface area contributed by atoms with Crippen LogP contribution >= 0.6 is 0 Å². The number of anilines is 2. The molecule has 0 saturated heterocycles. The quantitative estimate of drug-likeness (QED) is 0.294. The van der Waals surface area contributed by atoms with E-state index < -0.39 is 0 Å². The van der Waals surface area contributed by atoms with Crippen molar-refractivity contribution in [1.29, 1.82) is 0 Å². The van der Waals surface area contributed by atoms with Crippen molar-refractivity contribution in [2.45, 2.75) is 26.6 Å². The van der Waals surface area contributed by atoms with E-state index in [-0.39, 0.29) is 12.1 Å². The molecule has 5 rings (SSSR count). The van der Waals surface area contributed by atoms with Gasteiger partial charge in [0.05, 0.1) is 17.9 Å². The summed E-state index contributed by atoms with van der Waals surface area (Å²) < 4.78 is 5.93. The first-order valence-electron chi connectivity index (χ1n) is 12.1. The van der Waals surface area contributed by atoms with Crippen LogP contribution in [0.25, 0.3) is 0 Å². The number of ether oxygens (including phenoxy) is 1. The summed E-state index contributed by atoms with van der Waals surface area (Å²) in [6, 6.07) is 36.4. The molecule has 0 N–H and O–H groups in total. The number of hydrogen-bond donors (Lipinski definition) is 0. The van der Waals surface area contributed by atoms with Crippen molar-refractivity contribution in [3.05, 3.63) is 126 Å². The van der Waals surface area contributed by atoms with E-state index in [9.17, 15) is 4.79 Å². The number of hydrogen-bond acceptors (Lipinski definition) is 3. The average Bonchev–Trinajstić information content (AvgIpc) is 2.90. The van der Waals surface area contributed by atoms with Gasteiger partial charge in [-0.05, 0) is 53.4 Å². The first kappa shape index (κ1) is 22.7. The second kappa shape index (κ2) is 10.1. The fourth-order valence-corrected chi connectivity index (χ4v) is 4.54. The maximum absolute atomic E-state index is 13.9. The number of nitrogens with zero attached hydrogens (tertiary/aromatic N) is 2. The van der Waals surface area contributed by atoms with E-state index in [1.165, 1.54) is 5.56 Å². The van der Waals surface area contributed by atoms with Gasteiger partial charge in [-0.3, -0.25) is 9.69 Å². The van der Waals surface area contributed by atoms with Gasteiger partial charge in [-0.15, -0.1) is 0 Å². The third-order valence-electron chi connectivity index (χ3n) is 6.19. The van der Waals surface area contributed by atoms with Crippen LogP contribution in [0.5, 0.6) is 5.75 Å². The van der Waals surface area contributed by atoms with Gasteiger partial charge >= 0.3 is 0 Å². The van der Waals surface area contributed by atoms with Gasteiger partial charge in [0.1, 0.15) is 11.9 Å². The van der Waals surface area contributed by atoms with Gasteiger partial charge in [-0.25, -0.2) is 0 Å². The summed E-state index contributed by atoms with van der Waals surface area (Å²) in [6.07, 6.45) is -0.306. The van der Waals surface area contributed by atoms with E-state index in [4.69, 9.17) is 4.74 Å². The zero-order valence-corrected chi connectivity index (χ0v) is 20.2. The highest BCUT2D eigenvalue weighted by molar-refractivity contribution is 6.12. The molecule has 4 heteroatoms. The molecule has 0 unspecified atom stereocenters. The summed E-state index contributed by atoms with van der Waals surface area (Å²) in [7, 11) is 0. The summed E-state index contributed by atoms with van der Waals surface area (Å²) >= 11 is 0. The molecular weight excluding hydrogens is 432 g/mol. The molecule has 1 aliphatic rings. The van der Waals surface area contributed by atoms with E-state index >= 15 is 0 Å². The highest BCUT2D eigenvalue weighted by Crippen LogP contribution is 2.42. The van der Waals surface area contributed by atoms with E-state index in [1.807, 2.05) is 77.7 Å². The van der Waals surface area contributed by atoms with Crippen LogP contribution in [0.2, 0.25) is 0 Å². The second-order valence-corrected chi connectivity index (χ2v) is 9.29. The number of amides is 1. The zero-order valence-electron chi connectivity index (χ0n) is 20.2. The molecule has 1 atom stereocenters. The summed E-state index contributed by atoms with van der Waals surface area (Å²) in [5, 5.41) is 0. The number of benzene rings is 4. The SMILES string of the molecule is CC(C)COc1ccc([C@@H]2N(Cc3ccccc3)c3ccccc3C(=O)N2c2ccccc2)cc1. The molecule has 1 amide bonds. The first-order chi connectivity index (χ1) is 17.1. The molecule has 0 radical (unpaired) electrons. The lowest BCUT2D eigenvalue weighted by atomic mass is 9.99. The average molecular weight is 463 g/mol. The van der Waals surface area contributed by atoms with Crippen molar-refractivity contribution in [3.63, 3.8) is 0 Å². The molecule has 35 heavy (non-hydrogen) atoms. The van der Waals surface area contributed by atoms with Crippen molar-refractivity contribution in [2.75, 3.05) is 16.4 Å². The molecule has 4 aromatic rings. The third kappa shape index (κ3) is 4.78. The largest absolute Gasteiger partial charge is 0.493 e. The Morgan fingerprint density at radius 1 is 0.771 bits per heavy atom. The number of carbonyl (C=O) groups excluding carboxylic acids is 1. The maximum atomic E-state index is 13.9. The third-order valence-corrected chi connectivity index (χ3v) is 6.19. The van der Waals surface area contributed by atoms with Crippen molar-refractivity contribution in [3.8, 4) is 5.75 Å². The van der Waals surface area contributed by atoms with Gasteiger partial charge in [0.2, 0.25) is 0 Å². The van der Waals surface area contributed by atoms with Crippen LogP contribution in [0.3, 0.4) is 0 Å². The minimum Gasteiger partial charge on any atom is -0.493 e. The highest BCUT2D eigenvalue weighted by Gasteiger charge is 2.39. The Hall–Kier alpha value is -4.05. The van der Waals surface area contributed by atoms with Crippen LogP contribution < -0.4 is 14.5 Å². The summed E-state index contributed by atoms with van der Waals surface area (Å²) in [6.45, 7) is 5.62. The summed E-state index contributed by atoms with van der Waals surface area (Å²) in [4.78, 5) is 18.2. The molecule has 1 heterocycles. The van der Waals surface area contributed by atoms with Gasteiger partial charge in [0.25, 0.3) is 5.91 Å². The van der Waals surface area contributed by atoms with Crippen LogP contribution in [0.1, 0.15) is 41.5 Å². The molecule has 0 saturated carbocycles. The maximum Gasteiger partial charge on any atom is 0.262 e. The highest BCUT2D eigenvalue weighted by atomic mass is 16.5. The summed E-state index contributed by atoms with van der Waals surface area (Å²) in [5.41, 5.74) is 4.74. The second-order valence-electron chi connectivity index (χ2n) is 9.29.